The van der Waals surface area contributed by atoms with Gasteiger partial charge in [-0.25, -0.2) is 13.1 Å². The van der Waals surface area contributed by atoms with Crippen molar-refractivity contribution in [3.8, 4) is 0 Å². The van der Waals surface area contributed by atoms with Gasteiger partial charge in [-0.15, -0.1) is 6.58 Å². The molecule has 7 nitrogen and oxygen atoms in total. The maximum Gasteiger partial charge on any atom is 0.307 e. The van der Waals surface area contributed by atoms with E-state index in [1.165, 1.54) is 12.1 Å². The van der Waals surface area contributed by atoms with Crippen LogP contribution in [0.2, 0.25) is 0 Å². The average Bonchev–Trinajstić information content (AvgIpc) is 2.64. The summed E-state index contributed by atoms with van der Waals surface area (Å²) < 4.78 is 31.7. The predicted octanol–water partition coefficient (Wildman–Crippen LogP) is 1.35. The molecule has 2 N–H and O–H groups in total. The third-order valence-electron chi connectivity index (χ3n) is 3.46. The van der Waals surface area contributed by atoms with Crippen LogP contribution in [0.5, 0.6) is 0 Å². The standard InChI is InChI=1S/C18H20N2O5S/c1-2-10-19-17(21)13-25-18(22)9-11-20-26(23,24)16-8-7-14-5-3-4-6-15(14)12-16/h2-8,12,20H,1,9-11,13H2,(H,19,21). The second-order valence-electron chi connectivity index (χ2n) is 5.41. The number of nitrogens with one attached hydrogen (secondary N) is 2. The van der Waals surface area contributed by atoms with Gasteiger partial charge in [0.2, 0.25) is 10.0 Å². The first kappa shape index (κ1) is 19.6. The van der Waals surface area contributed by atoms with Crippen LogP contribution in [-0.4, -0.2) is 40.0 Å². The Balaban J connectivity index is 1.84. The first-order chi connectivity index (χ1) is 12.4. The lowest BCUT2D eigenvalue weighted by atomic mass is 10.1. The number of ether oxygens (including phenoxy) is 1. The van der Waals surface area contributed by atoms with E-state index in [1.54, 1.807) is 12.1 Å². The number of hydrogen-bond acceptors (Lipinski definition) is 5. The van der Waals surface area contributed by atoms with Crippen LogP contribution in [-0.2, 0) is 24.3 Å². The summed E-state index contributed by atoms with van der Waals surface area (Å²) in [6, 6.07) is 12.2. The zero-order valence-electron chi connectivity index (χ0n) is 14.1. The van der Waals surface area contributed by atoms with E-state index in [2.05, 4.69) is 16.6 Å². The van der Waals surface area contributed by atoms with Crippen LogP contribution in [0.4, 0.5) is 0 Å². The summed E-state index contributed by atoms with van der Waals surface area (Å²) in [6.07, 6.45) is 1.32. The van der Waals surface area contributed by atoms with Crippen molar-refractivity contribution < 1.29 is 22.7 Å². The van der Waals surface area contributed by atoms with Crippen molar-refractivity contribution in [3.05, 3.63) is 55.1 Å². The van der Waals surface area contributed by atoms with Gasteiger partial charge < -0.3 is 10.1 Å². The third kappa shape index (κ3) is 5.68. The Morgan fingerprint density at radius 1 is 1.12 bits per heavy atom. The molecule has 2 aromatic carbocycles. The number of amides is 1. The highest BCUT2D eigenvalue weighted by Crippen LogP contribution is 2.18. The van der Waals surface area contributed by atoms with Crippen molar-refractivity contribution in [2.24, 2.45) is 0 Å². The first-order valence-electron chi connectivity index (χ1n) is 7.94. The summed E-state index contributed by atoms with van der Waals surface area (Å²) in [4.78, 5) is 23.0. The number of esters is 1. The molecule has 0 radical (unpaired) electrons. The fourth-order valence-corrected chi connectivity index (χ4v) is 3.23. The highest BCUT2D eigenvalue weighted by atomic mass is 32.2. The quantitative estimate of drug-likeness (QED) is 0.508. The molecule has 26 heavy (non-hydrogen) atoms. The summed E-state index contributed by atoms with van der Waals surface area (Å²) >= 11 is 0. The van der Waals surface area contributed by atoms with E-state index in [0.29, 0.717) is 0 Å². The Morgan fingerprint density at radius 3 is 2.58 bits per heavy atom. The molecular formula is C18H20N2O5S. The van der Waals surface area contributed by atoms with Gasteiger partial charge in [-0.3, -0.25) is 9.59 Å². The van der Waals surface area contributed by atoms with E-state index in [1.807, 2.05) is 24.3 Å². The summed E-state index contributed by atoms with van der Waals surface area (Å²) in [7, 11) is -3.74. The molecule has 0 aliphatic rings. The molecule has 8 heteroatoms. The fraction of sp³-hybridized carbons (Fsp3) is 0.222. The number of benzene rings is 2. The normalized spacial score (nSPS) is 11.1. The Bertz CT molecular complexity index is 909. The van der Waals surface area contributed by atoms with Gasteiger partial charge >= 0.3 is 5.97 Å². The number of fused-ring (bicyclic) bond motifs is 1. The highest BCUT2D eigenvalue weighted by molar-refractivity contribution is 7.89. The molecular weight excluding hydrogens is 356 g/mol. The van der Waals surface area contributed by atoms with Gasteiger partial charge in [-0.05, 0) is 22.9 Å². The van der Waals surface area contributed by atoms with Gasteiger partial charge in [0, 0.05) is 13.1 Å². The molecule has 0 saturated heterocycles. The second kappa shape index (κ2) is 9.12. The molecule has 0 aromatic heterocycles. The lowest BCUT2D eigenvalue weighted by Gasteiger charge is -2.08. The highest BCUT2D eigenvalue weighted by Gasteiger charge is 2.15. The predicted molar refractivity (Wildman–Crippen MR) is 97.9 cm³/mol. The lowest BCUT2D eigenvalue weighted by molar-refractivity contribution is -0.148. The smallest absolute Gasteiger partial charge is 0.307 e. The number of carbonyl (C=O) groups excluding carboxylic acids is 2. The van der Waals surface area contributed by atoms with Gasteiger partial charge in [0.15, 0.2) is 6.61 Å². The van der Waals surface area contributed by atoms with Gasteiger partial charge in [-0.1, -0.05) is 36.4 Å². The second-order valence-corrected chi connectivity index (χ2v) is 7.18. The van der Waals surface area contributed by atoms with E-state index >= 15 is 0 Å². The van der Waals surface area contributed by atoms with E-state index in [9.17, 15) is 18.0 Å². The van der Waals surface area contributed by atoms with Crippen LogP contribution >= 0.6 is 0 Å². The number of carbonyl (C=O) groups is 2. The van der Waals surface area contributed by atoms with E-state index in [-0.39, 0.29) is 24.4 Å². The van der Waals surface area contributed by atoms with Crippen molar-refractivity contribution in [2.45, 2.75) is 11.3 Å². The van der Waals surface area contributed by atoms with Gasteiger partial charge in [0.1, 0.15) is 0 Å². The minimum atomic E-state index is -3.74. The molecule has 138 valence electrons. The minimum Gasteiger partial charge on any atom is -0.456 e. The molecule has 1 amide bonds. The Morgan fingerprint density at radius 2 is 1.85 bits per heavy atom. The molecule has 2 rings (SSSR count). The topological polar surface area (TPSA) is 102 Å². The monoisotopic (exact) mass is 376 g/mol. The Kier molecular flexibility index (Phi) is 6.88. The van der Waals surface area contributed by atoms with Crippen LogP contribution in [0, 0.1) is 0 Å². The molecule has 0 spiro atoms. The number of rotatable bonds is 9. The van der Waals surface area contributed by atoms with E-state index in [4.69, 9.17) is 4.74 Å². The maximum absolute atomic E-state index is 12.3. The van der Waals surface area contributed by atoms with E-state index in [0.717, 1.165) is 10.8 Å². The van der Waals surface area contributed by atoms with Crippen molar-refractivity contribution in [3.63, 3.8) is 0 Å². The van der Waals surface area contributed by atoms with Crippen molar-refractivity contribution >= 4 is 32.7 Å². The molecule has 0 aliphatic carbocycles. The van der Waals surface area contributed by atoms with Crippen molar-refractivity contribution in [1.29, 1.82) is 0 Å². The molecule has 0 unspecified atom stereocenters. The number of sulfonamides is 1. The SMILES string of the molecule is C=CCNC(=O)COC(=O)CCNS(=O)(=O)c1ccc2ccccc2c1. The summed E-state index contributed by atoms with van der Waals surface area (Å²) in [6.45, 7) is 3.19. The van der Waals surface area contributed by atoms with Crippen molar-refractivity contribution in [1.82, 2.24) is 10.0 Å². The van der Waals surface area contributed by atoms with Crippen LogP contribution in [0.3, 0.4) is 0 Å². The first-order valence-corrected chi connectivity index (χ1v) is 9.42. The van der Waals surface area contributed by atoms with E-state index < -0.39 is 28.5 Å². The largest absolute Gasteiger partial charge is 0.456 e. The summed E-state index contributed by atoms with van der Waals surface area (Å²) in [5, 5.41) is 4.20. The lowest BCUT2D eigenvalue weighted by Crippen LogP contribution is -2.30. The summed E-state index contributed by atoms with van der Waals surface area (Å²) in [5.74, 6) is -1.12. The maximum atomic E-state index is 12.3. The van der Waals surface area contributed by atoms with Gasteiger partial charge in [0.05, 0.1) is 11.3 Å². The molecule has 0 heterocycles. The third-order valence-corrected chi connectivity index (χ3v) is 4.92. The van der Waals surface area contributed by atoms with Crippen LogP contribution in [0.15, 0.2) is 60.0 Å². The molecule has 0 bridgehead atoms. The van der Waals surface area contributed by atoms with Crippen LogP contribution in [0.25, 0.3) is 10.8 Å². The van der Waals surface area contributed by atoms with Crippen molar-refractivity contribution in [2.75, 3.05) is 19.7 Å². The van der Waals surface area contributed by atoms with Crippen LogP contribution in [0.1, 0.15) is 6.42 Å². The molecule has 0 atom stereocenters. The number of hydrogen-bond donors (Lipinski definition) is 2. The molecule has 0 aliphatic heterocycles. The molecule has 0 saturated carbocycles. The van der Waals surface area contributed by atoms with Gasteiger partial charge in [-0.2, -0.15) is 0 Å². The minimum absolute atomic E-state index is 0.119. The van der Waals surface area contributed by atoms with Gasteiger partial charge in [0.25, 0.3) is 5.91 Å². The molecule has 2 aromatic rings. The van der Waals surface area contributed by atoms with Crippen LogP contribution < -0.4 is 10.0 Å². The summed E-state index contributed by atoms with van der Waals surface area (Å²) in [5.41, 5.74) is 0. The Hall–Kier alpha value is -2.71. The average molecular weight is 376 g/mol. The molecule has 0 fully saturated rings. The fourth-order valence-electron chi connectivity index (χ4n) is 2.16. The Labute approximate surface area is 152 Å². The zero-order chi connectivity index (χ0) is 19.0. The zero-order valence-corrected chi connectivity index (χ0v) is 14.9.